The molecule has 1 fully saturated rings. The van der Waals surface area contributed by atoms with Crippen molar-refractivity contribution in [1.82, 2.24) is 19.8 Å². The van der Waals surface area contributed by atoms with Crippen LogP contribution in [0.25, 0.3) is 5.69 Å². The molecule has 1 aliphatic rings. The van der Waals surface area contributed by atoms with Gasteiger partial charge in [-0.1, -0.05) is 29.8 Å². The molecule has 6 nitrogen and oxygen atoms in total. The zero-order valence-electron chi connectivity index (χ0n) is 21.0. The number of pyridine rings is 1. The van der Waals surface area contributed by atoms with Crippen LogP contribution in [0.1, 0.15) is 41.1 Å². The minimum absolute atomic E-state index is 0.136. The van der Waals surface area contributed by atoms with Gasteiger partial charge in [0, 0.05) is 41.3 Å². The van der Waals surface area contributed by atoms with Gasteiger partial charge in [0.15, 0.2) is 5.11 Å². The number of anilines is 1. The standard InChI is InChI=1S/C29H27ClFN5OS/c1-18-17-22(19(2)36(18)21-12-10-20(30)11-13-21)28-27(25-9-5-6-15-32-25)34-29(38)35(28)16-14-26(37)33-24-8-4-3-7-23(24)31/h3-13,15,17,27-28H,14,16H2,1-2H3,(H,33,37)(H,34,38)/t27-,28-/m0/s1. The van der Waals surface area contributed by atoms with Crippen LogP contribution in [-0.2, 0) is 4.79 Å². The van der Waals surface area contributed by atoms with Gasteiger partial charge in [-0.05, 0) is 86.2 Å². The van der Waals surface area contributed by atoms with Crippen LogP contribution < -0.4 is 10.6 Å². The smallest absolute Gasteiger partial charge is 0.226 e. The zero-order chi connectivity index (χ0) is 26.8. The van der Waals surface area contributed by atoms with E-state index in [9.17, 15) is 9.18 Å². The van der Waals surface area contributed by atoms with Crippen LogP contribution in [0.5, 0.6) is 0 Å². The van der Waals surface area contributed by atoms with Crippen LogP contribution in [0, 0.1) is 19.7 Å². The highest BCUT2D eigenvalue weighted by molar-refractivity contribution is 7.80. The van der Waals surface area contributed by atoms with E-state index in [-0.39, 0.29) is 30.1 Å². The summed E-state index contributed by atoms with van der Waals surface area (Å²) in [6, 6.07) is 21.4. The first-order valence-corrected chi connectivity index (χ1v) is 13.1. The number of carbonyl (C=O) groups is 1. The fourth-order valence-electron chi connectivity index (χ4n) is 5.06. The highest BCUT2D eigenvalue weighted by Gasteiger charge is 2.41. The van der Waals surface area contributed by atoms with Gasteiger partial charge in [0.25, 0.3) is 0 Å². The molecule has 1 saturated heterocycles. The van der Waals surface area contributed by atoms with Crippen LogP contribution in [0.4, 0.5) is 10.1 Å². The van der Waals surface area contributed by atoms with Gasteiger partial charge < -0.3 is 20.1 Å². The second kappa shape index (κ2) is 10.9. The average Bonchev–Trinajstić information content (AvgIpc) is 3.39. The molecule has 0 saturated carbocycles. The Morgan fingerprint density at radius 2 is 1.84 bits per heavy atom. The first-order chi connectivity index (χ1) is 18.3. The highest BCUT2D eigenvalue weighted by atomic mass is 35.5. The molecular formula is C29H27ClFN5OS. The lowest BCUT2D eigenvalue weighted by atomic mass is 9.96. The first kappa shape index (κ1) is 25.9. The highest BCUT2D eigenvalue weighted by Crippen LogP contribution is 2.41. The maximum atomic E-state index is 14.0. The summed E-state index contributed by atoms with van der Waals surface area (Å²) >= 11 is 11.9. The van der Waals surface area contributed by atoms with E-state index in [1.54, 1.807) is 24.4 Å². The Kier molecular flexibility index (Phi) is 7.44. The van der Waals surface area contributed by atoms with E-state index in [1.807, 2.05) is 47.4 Å². The molecule has 2 atom stereocenters. The van der Waals surface area contributed by atoms with Gasteiger partial charge in [0.05, 0.1) is 23.5 Å². The third-order valence-electron chi connectivity index (χ3n) is 6.80. The van der Waals surface area contributed by atoms with Crippen molar-refractivity contribution >= 4 is 40.5 Å². The van der Waals surface area contributed by atoms with Crippen molar-refractivity contribution in [3.63, 3.8) is 0 Å². The number of aryl methyl sites for hydroxylation is 1. The Hall–Kier alpha value is -3.75. The number of para-hydroxylation sites is 1. The third kappa shape index (κ3) is 5.14. The van der Waals surface area contributed by atoms with E-state index in [0.717, 1.165) is 28.3 Å². The molecule has 9 heteroatoms. The molecule has 0 unspecified atom stereocenters. The van der Waals surface area contributed by atoms with Crippen molar-refractivity contribution in [3.05, 3.63) is 112 Å². The van der Waals surface area contributed by atoms with E-state index in [0.29, 0.717) is 16.7 Å². The number of rotatable bonds is 7. The summed E-state index contributed by atoms with van der Waals surface area (Å²) < 4.78 is 16.2. The topological polar surface area (TPSA) is 62.2 Å². The Labute approximate surface area is 231 Å². The predicted molar refractivity (Wildman–Crippen MR) is 152 cm³/mol. The summed E-state index contributed by atoms with van der Waals surface area (Å²) in [6.45, 7) is 4.50. The van der Waals surface area contributed by atoms with Crippen molar-refractivity contribution in [2.45, 2.75) is 32.4 Å². The number of halogens is 2. The molecule has 4 aromatic rings. The summed E-state index contributed by atoms with van der Waals surface area (Å²) in [5, 5.41) is 7.32. The number of amides is 1. The summed E-state index contributed by atoms with van der Waals surface area (Å²) in [7, 11) is 0. The molecule has 2 N–H and O–H groups in total. The van der Waals surface area contributed by atoms with Crippen LogP contribution in [0.15, 0.2) is 79.0 Å². The Morgan fingerprint density at radius 1 is 1.11 bits per heavy atom. The second-order valence-electron chi connectivity index (χ2n) is 9.24. The molecule has 0 bridgehead atoms. The summed E-state index contributed by atoms with van der Waals surface area (Å²) in [5.74, 6) is -0.758. The van der Waals surface area contributed by atoms with E-state index in [2.05, 4.69) is 40.1 Å². The minimum atomic E-state index is -0.470. The summed E-state index contributed by atoms with van der Waals surface area (Å²) in [6.07, 6.45) is 1.90. The number of benzene rings is 2. The monoisotopic (exact) mass is 547 g/mol. The first-order valence-electron chi connectivity index (χ1n) is 12.3. The van der Waals surface area contributed by atoms with Crippen LogP contribution in [0.3, 0.4) is 0 Å². The van der Waals surface area contributed by atoms with Crippen molar-refractivity contribution in [2.75, 3.05) is 11.9 Å². The second-order valence-corrected chi connectivity index (χ2v) is 10.1. The Morgan fingerprint density at radius 3 is 2.55 bits per heavy atom. The van der Waals surface area contributed by atoms with Gasteiger partial charge in [-0.3, -0.25) is 9.78 Å². The van der Waals surface area contributed by atoms with Gasteiger partial charge in [-0.25, -0.2) is 4.39 Å². The predicted octanol–water partition coefficient (Wildman–Crippen LogP) is 6.28. The Balaban J connectivity index is 1.47. The Bertz CT molecular complexity index is 1470. The number of hydrogen-bond donors (Lipinski definition) is 2. The average molecular weight is 548 g/mol. The number of thiocarbonyl (C=S) groups is 1. The number of aromatic nitrogens is 2. The van der Waals surface area contributed by atoms with Crippen LogP contribution >= 0.6 is 23.8 Å². The molecule has 2 aromatic heterocycles. The lowest BCUT2D eigenvalue weighted by Gasteiger charge is -2.28. The molecule has 194 valence electrons. The van der Waals surface area contributed by atoms with E-state index in [1.165, 1.54) is 6.07 Å². The van der Waals surface area contributed by atoms with Crippen LogP contribution in [-0.4, -0.2) is 32.0 Å². The number of nitrogens with one attached hydrogen (secondary N) is 2. The van der Waals surface area contributed by atoms with Crippen molar-refractivity contribution in [1.29, 1.82) is 0 Å². The lowest BCUT2D eigenvalue weighted by Crippen LogP contribution is -2.33. The molecule has 0 radical (unpaired) electrons. The lowest BCUT2D eigenvalue weighted by molar-refractivity contribution is -0.116. The largest absolute Gasteiger partial charge is 0.352 e. The molecule has 1 amide bonds. The van der Waals surface area contributed by atoms with Crippen molar-refractivity contribution in [2.24, 2.45) is 0 Å². The quantitative estimate of drug-likeness (QED) is 0.267. The van der Waals surface area contributed by atoms with Crippen molar-refractivity contribution in [3.8, 4) is 5.69 Å². The fourth-order valence-corrected chi connectivity index (χ4v) is 5.51. The van der Waals surface area contributed by atoms with E-state index in [4.69, 9.17) is 23.8 Å². The maximum Gasteiger partial charge on any atom is 0.226 e. The van der Waals surface area contributed by atoms with Gasteiger partial charge in [-0.2, -0.15) is 0 Å². The van der Waals surface area contributed by atoms with Gasteiger partial charge >= 0.3 is 0 Å². The number of nitrogens with zero attached hydrogens (tertiary/aromatic N) is 3. The fraction of sp³-hybridized carbons (Fsp3) is 0.207. The number of carbonyl (C=O) groups excluding carboxylic acids is 1. The van der Waals surface area contributed by atoms with Gasteiger partial charge in [0.2, 0.25) is 5.91 Å². The zero-order valence-corrected chi connectivity index (χ0v) is 22.6. The van der Waals surface area contributed by atoms with Crippen molar-refractivity contribution < 1.29 is 9.18 Å². The molecular weight excluding hydrogens is 521 g/mol. The summed E-state index contributed by atoms with van der Waals surface area (Å²) in [4.78, 5) is 19.4. The molecule has 0 aliphatic carbocycles. The summed E-state index contributed by atoms with van der Waals surface area (Å²) in [5.41, 5.74) is 5.23. The van der Waals surface area contributed by atoms with E-state index < -0.39 is 5.82 Å². The molecule has 0 spiro atoms. The molecule has 5 rings (SSSR count). The van der Waals surface area contributed by atoms with Gasteiger partial charge in [0.1, 0.15) is 5.82 Å². The molecule has 38 heavy (non-hydrogen) atoms. The SMILES string of the molecule is Cc1cc([C@H]2[C@H](c3ccccn3)NC(=S)N2CCC(=O)Nc2ccccc2F)c(C)n1-c1ccc(Cl)cc1. The normalized spacial score (nSPS) is 16.9. The number of hydrogen-bond acceptors (Lipinski definition) is 3. The van der Waals surface area contributed by atoms with Gasteiger partial charge in [-0.15, -0.1) is 0 Å². The minimum Gasteiger partial charge on any atom is -0.352 e. The van der Waals surface area contributed by atoms with E-state index >= 15 is 0 Å². The maximum absolute atomic E-state index is 14.0. The van der Waals surface area contributed by atoms with Crippen LogP contribution in [0.2, 0.25) is 5.02 Å². The molecule has 1 aliphatic heterocycles. The molecule has 2 aromatic carbocycles. The third-order valence-corrected chi connectivity index (χ3v) is 7.40. The molecule has 3 heterocycles.